The lowest BCUT2D eigenvalue weighted by Crippen LogP contribution is -2.45. The molecule has 3 heteroatoms. The molecule has 29 heavy (non-hydrogen) atoms. The molecule has 1 aliphatic rings. The minimum atomic E-state index is -1.18. The van der Waals surface area contributed by atoms with Crippen molar-refractivity contribution in [3.05, 3.63) is 107 Å². The van der Waals surface area contributed by atoms with E-state index in [4.69, 9.17) is 11.6 Å². The summed E-state index contributed by atoms with van der Waals surface area (Å²) >= 11 is 6.40. The lowest BCUT2D eigenvalue weighted by Gasteiger charge is -2.44. The molecule has 1 saturated heterocycles. The smallest absolute Gasteiger partial charge is 0.134 e. The Bertz CT molecular complexity index is 865. The topological polar surface area (TPSA) is 23.5 Å². The number of hydrogen-bond donors (Lipinski definition) is 1. The van der Waals surface area contributed by atoms with Gasteiger partial charge < -0.3 is 5.11 Å². The molecule has 0 amide bonds. The summed E-state index contributed by atoms with van der Waals surface area (Å²) in [6, 6.07) is 27.9. The Labute approximate surface area is 178 Å². The molecule has 0 aliphatic carbocycles. The molecule has 0 aromatic heterocycles. The molecule has 1 heterocycles. The quantitative estimate of drug-likeness (QED) is 0.546. The molecule has 3 aromatic rings. The van der Waals surface area contributed by atoms with Crippen LogP contribution in [0, 0.1) is 0 Å². The van der Waals surface area contributed by atoms with Crippen LogP contribution in [0.25, 0.3) is 0 Å². The predicted octanol–water partition coefficient (Wildman–Crippen LogP) is 6.19. The van der Waals surface area contributed by atoms with Gasteiger partial charge in [0.1, 0.15) is 5.60 Å². The van der Waals surface area contributed by atoms with Crippen molar-refractivity contribution in [1.82, 2.24) is 4.90 Å². The van der Waals surface area contributed by atoms with Crippen LogP contribution in [-0.4, -0.2) is 23.1 Å². The Hall–Kier alpha value is -2.13. The second-order valence-corrected chi connectivity index (χ2v) is 8.34. The van der Waals surface area contributed by atoms with Crippen LogP contribution < -0.4 is 0 Å². The first-order valence-electron chi connectivity index (χ1n) is 10.5. The first kappa shape index (κ1) is 20.2. The van der Waals surface area contributed by atoms with Crippen LogP contribution in [0.2, 0.25) is 5.02 Å². The van der Waals surface area contributed by atoms with E-state index < -0.39 is 5.60 Å². The second kappa shape index (κ2) is 9.13. The molecular weight excluding hydrogens is 378 g/mol. The van der Waals surface area contributed by atoms with Crippen molar-refractivity contribution >= 4 is 11.6 Å². The van der Waals surface area contributed by atoms with Crippen LogP contribution >= 0.6 is 11.6 Å². The van der Waals surface area contributed by atoms with Gasteiger partial charge in [-0.05, 0) is 54.8 Å². The van der Waals surface area contributed by atoms with Gasteiger partial charge in [0.05, 0.1) is 6.04 Å². The molecule has 2 nitrogen and oxygen atoms in total. The highest BCUT2D eigenvalue weighted by molar-refractivity contribution is 6.30. The molecule has 0 bridgehead atoms. The van der Waals surface area contributed by atoms with Crippen molar-refractivity contribution in [3.63, 3.8) is 0 Å². The van der Waals surface area contributed by atoms with Crippen molar-refractivity contribution < 1.29 is 5.11 Å². The van der Waals surface area contributed by atoms with Crippen molar-refractivity contribution in [1.29, 1.82) is 0 Å². The molecule has 1 fully saturated rings. The average Bonchev–Trinajstić information content (AvgIpc) is 3.04. The summed E-state index contributed by atoms with van der Waals surface area (Å²) in [6.07, 6.45) is 4.79. The Morgan fingerprint density at radius 3 is 1.79 bits per heavy atom. The number of aliphatic hydroxyl groups is 1. The fraction of sp³-hybridized carbons (Fsp3) is 0.308. The summed E-state index contributed by atoms with van der Waals surface area (Å²) in [5, 5.41) is 13.2. The fourth-order valence-electron chi connectivity index (χ4n) is 4.61. The highest BCUT2D eigenvalue weighted by Crippen LogP contribution is 2.45. The molecular formula is C26H28ClNO. The normalized spacial score (nSPS) is 16.9. The van der Waals surface area contributed by atoms with Gasteiger partial charge in [0.25, 0.3) is 0 Å². The van der Waals surface area contributed by atoms with Crippen LogP contribution in [0.4, 0.5) is 0 Å². The molecule has 4 rings (SSSR count). The number of hydrogen-bond acceptors (Lipinski definition) is 2. The average molecular weight is 406 g/mol. The maximum absolute atomic E-state index is 12.5. The third-order valence-corrected chi connectivity index (χ3v) is 6.23. The summed E-state index contributed by atoms with van der Waals surface area (Å²) in [7, 11) is 0. The molecule has 0 unspecified atom stereocenters. The molecule has 0 spiro atoms. The zero-order valence-corrected chi connectivity index (χ0v) is 17.4. The van der Waals surface area contributed by atoms with Crippen molar-refractivity contribution in [2.45, 2.75) is 37.3 Å². The molecule has 0 radical (unpaired) electrons. The predicted molar refractivity (Wildman–Crippen MR) is 120 cm³/mol. The zero-order valence-electron chi connectivity index (χ0n) is 16.7. The van der Waals surface area contributed by atoms with Gasteiger partial charge >= 0.3 is 0 Å². The highest BCUT2D eigenvalue weighted by atomic mass is 35.5. The van der Waals surface area contributed by atoms with E-state index in [0.29, 0.717) is 5.02 Å². The summed E-state index contributed by atoms with van der Waals surface area (Å²) in [5.41, 5.74) is 1.67. The zero-order chi connectivity index (χ0) is 20.1. The van der Waals surface area contributed by atoms with Crippen LogP contribution in [0.15, 0.2) is 84.9 Å². The first-order valence-corrected chi connectivity index (χ1v) is 10.9. The van der Waals surface area contributed by atoms with E-state index in [1.807, 2.05) is 78.9 Å². The van der Waals surface area contributed by atoms with Gasteiger partial charge in [-0.15, -0.1) is 0 Å². The SMILES string of the molecule is OC(c1ccccc1)(c1ccccc1)[C@@H](c1cccc(Cl)c1)N1CCCCCC1. The summed E-state index contributed by atoms with van der Waals surface area (Å²) in [4.78, 5) is 2.46. The maximum Gasteiger partial charge on any atom is 0.134 e. The summed E-state index contributed by atoms with van der Waals surface area (Å²) in [6.45, 7) is 1.94. The van der Waals surface area contributed by atoms with Gasteiger partial charge in [-0.1, -0.05) is 97.2 Å². The molecule has 1 atom stereocenters. The number of rotatable bonds is 5. The van der Waals surface area contributed by atoms with Crippen LogP contribution in [-0.2, 0) is 5.60 Å². The van der Waals surface area contributed by atoms with Crippen LogP contribution in [0.5, 0.6) is 0 Å². The van der Waals surface area contributed by atoms with E-state index in [-0.39, 0.29) is 6.04 Å². The van der Waals surface area contributed by atoms with Gasteiger partial charge in [0.2, 0.25) is 0 Å². The number of benzene rings is 3. The van der Waals surface area contributed by atoms with Gasteiger partial charge in [0, 0.05) is 5.02 Å². The van der Waals surface area contributed by atoms with E-state index in [1.165, 1.54) is 12.8 Å². The molecule has 150 valence electrons. The maximum atomic E-state index is 12.5. The first-order chi connectivity index (χ1) is 14.2. The third-order valence-electron chi connectivity index (χ3n) is 5.99. The van der Waals surface area contributed by atoms with Crippen molar-refractivity contribution in [2.75, 3.05) is 13.1 Å². The lowest BCUT2D eigenvalue weighted by molar-refractivity contribution is -0.0224. The van der Waals surface area contributed by atoms with E-state index in [9.17, 15) is 5.11 Å². The second-order valence-electron chi connectivity index (χ2n) is 7.91. The molecule has 1 N–H and O–H groups in total. The standard InChI is InChI=1S/C26H28ClNO/c27-24-17-11-12-21(20-24)25(28-18-9-1-2-10-19-28)26(29,22-13-5-3-6-14-22)23-15-7-4-8-16-23/h3-8,11-17,20,25,29H,1-2,9-10,18-19H2/t25-/m1/s1. The Kier molecular flexibility index (Phi) is 6.34. The fourth-order valence-corrected chi connectivity index (χ4v) is 4.81. The Morgan fingerprint density at radius 1 is 0.724 bits per heavy atom. The minimum Gasteiger partial charge on any atom is -0.378 e. The van der Waals surface area contributed by atoms with E-state index in [0.717, 1.165) is 42.6 Å². The van der Waals surface area contributed by atoms with Gasteiger partial charge in [0.15, 0.2) is 0 Å². The monoisotopic (exact) mass is 405 g/mol. The van der Waals surface area contributed by atoms with Gasteiger partial charge in [-0.25, -0.2) is 0 Å². The van der Waals surface area contributed by atoms with Crippen LogP contribution in [0.3, 0.4) is 0 Å². The molecule has 0 saturated carbocycles. The van der Waals surface area contributed by atoms with Crippen LogP contribution in [0.1, 0.15) is 48.4 Å². The summed E-state index contributed by atoms with van der Waals surface area (Å²) in [5.74, 6) is 0. The van der Waals surface area contributed by atoms with Gasteiger partial charge in [-0.3, -0.25) is 4.90 Å². The number of halogens is 1. The van der Waals surface area contributed by atoms with Crippen molar-refractivity contribution in [3.8, 4) is 0 Å². The number of nitrogens with zero attached hydrogens (tertiary/aromatic N) is 1. The largest absolute Gasteiger partial charge is 0.378 e. The van der Waals surface area contributed by atoms with E-state index in [1.54, 1.807) is 0 Å². The Balaban J connectivity index is 1.93. The van der Waals surface area contributed by atoms with E-state index >= 15 is 0 Å². The third kappa shape index (κ3) is 4.25. The number of likely N-dealkylation sites (tertiary alicyclic amines) is 1. The molecule has 3 aromatic carbocycles. The lowest BCUT2D eigenvalue weighted by atomic mass is 9.76. The molecule has 1 aliphatic heterocycles. The highest BCUT2D eigenvalue weighted by Gasteiger charge is 2.44. The van der Waals surface area contributed by atoms with Gasteiger partial charge in [-0.2, -0.15) is 0 Å². The van der Waals surface area contributed by atoms with E-state index in [2.05, 4.69) is 11.0 Å². The van der Waals surface area contributed by atoms with Crippen molar-refractivity contribution in [2.24, 2.45) is 0 Å². The Morgan fingerprint density at radius 2 is 1.28 bits per heavy atom. The minimum absolute atomic E-state index is 0.218. The summed E-state index contributed by atoms with van der Waals surface area (Å²) < 4.78 is 0.